The molecule has 0 unspecified atom stereocenters. The van der Waals surface area contributed by atoms with Crippen molar-refractivity contribution < 1.29 is 23.3 Å². The summed E-state index contributed by atoms with van der Waals surface area (Å²) < 4.78 is 39.2. The minimum absolute atomic E-state index is 0.122. The van der Waals surface area contributed by atoms with E-state index < -0.39 is 6.36 Å². The molecule has 2 N–H and O–H groups in total. The van der Waals surface area contributed by atoms with Crippen molar-refractivity contribution in [3.8, 4) is 5.75 Å². The van der Waals surface area contributed by atoms with Crippen LogP contribution < -0.4 is 10.1 Å². The van der Waals surface area contributed by atoms with Crippen molar-refractivity contribution in [2.24, 2.45) is 0 Å². The number of hydrogen-bond donors (Lipinski definition) is 1. The second-order valence-corrected chi connectivity index (χ2v) is 3.28. The van der Waals surface area contributed by atoms with Crippen molar-refractivity contribution in [2.45, 2.75) is 13.3 Å². The molecule has 0 aliphatic rings. The second-order valence-electron chi connectivity index (χ2n) is 2.87. The Balaban J connectivity index is 2.97. The molecule has 0 bridgehead atoms. The maximum Gasteiger partial charge on any atom is 0.573 e. The highest BCUT2D eigenvalue weighted by molar-refractivity contribution is 6.34. The first-order valence-electron chi connectivity index (χ1n) is 3.94. The standard InChI is InChI=1S/C9H7ClF3NO/c1-5(14)7-3-2-6(4-8(7)10)15-9(11,12)13/h2-4,14H,1H3/p+1. The first-order chi connectivity index (χ1) is 6.79. The summed E-state index contributed by atoms with van der Waals surface area (Å²) in [6.07, 6.45) is -4.72. The van der Waals surface area contributed by atoms with Crippen LogP contribution in [0.1, 0.15) is 12.5 Å². The van der Waals surface area contributed by atoms with Crippen LogP contribution in [0, 0.1) is 0 Å². The molecule has 0 fully saturated rings. The Morgan fingerprint density at radius 3 is 2.40 bits per heavy atom. The van der Waals surface area contributed by atoms with Gasteiger partial charge in [-0.05, 0) is 18.2 Å². The predicted molar refractivity (Wildman–Crippen MR) is 49.8 cm³/mol. The highest BCUT2D eigenvalue weighted by atomic mass is 35.5. The normalized spacial score (nSPS) is 11.3. The third-order valence-electron chi connectivity index (χ3n) is 1.60. The lowest BCUT2D eigenvalue weighted by Crippen LogP contribution is -2.38. The van der Waals surface area contributed by atoms with E-state index in [4.69, 9.17) is 17.0 Å². The molecule has 15 heavy (non-hydrogen) atoms. The van der Waals surface area contributed by atoms with E-state index in [-0.39, 0.29) is 10.8 Å². The molecule has 0 saturated heterocycles. The van der Waals surface area contributed by atoms with Crippen molar-refractivity contribution in [2.75, 3.05) is 0 Å². The first-order valence-corrected chi connectivity index (χ1v) is 4.32. The van der Waals surface area contributed by atoms with E-state index in [0.717, 1.165) is 12.1 Å². The number of rotatable bonds is 2. The molecule has 82 valence electrons. The Morgan fingerprint density at radius 2 is 2.00 bits per heavy atom. The number of nitrogens with two attached hydrogens (primary N) is 1. The average molecular weight is 239 g/mol. The maximum absolute atomic E-state index is 11.8. The van der Waals surface area contributed by atoms with Crippen LogP contribution in [-0.4, -0.2) is 12.1 Å². The minimum atomic E-state index is -4.72. The van der Waals surface area contributed by atoms with Crippen LogP contribution in [0.5, 0.6) is 5.75 Å². The number of ether oxygens (including phenoxy) is 1. The summed E-state index contributed by atoms with van der Waals surface area (Å²) in [5.74, 6) is -0.363. The quantitative estimate of drug-likeness (QED) is 0.784. The van der Waals surface area contributed by atoms with Gasteiger partial charge in [0.1, 0.15) is 5.75 Å². The van der Waals surface area contributed by atoms with E-state index in [2.05, 4.69) is 4.74 Å². The maximum atomic E-state index is 11.8. The van der Waals surface area contributed by atoms with Gasteiger partial charge in [0.05, 0.1) is 10.6 Å². The first kappa shape index (κ1) is 11.8. The van der Waals surface area contributed by atoms with Crippen LogP contribution in [0.25, 0.3) is 0 Å². The van der Waals surface area contributed by atoms with Crippen molar-refractivity contribution in [3.63, 3.8) is 0 Å². The molecule has 0 radical (unpaired) electrons. The molecular weight excluding hydrogens is 231 g/mol. The Hall–Kier alpha value is -1.23. The summed E-state index contributed by atoms with van der Waals surface area (Å²) in [6.45, 7) is 1.60. The molecule has 1 aromatic carbocycles. The fourth-order valence-electron chi connectivity index (χ4n) is 1.01. The molecule has 0 aliphatic carbocycles. The van der Waals surface area contributed by atoms with E-state index in [1.165, 1.54) is 6.07 Å². The fourth-order valence-corrected chi connectivity index (χ4v) is 1.33. The van der Waals surface area contributed by atoms with Crippen LogP contribution in [-0.2, 0) is 0 Å². The van der Waals surface area contributed by atoms with E-state index in [1.54, 1.807) is 6.92 Å². The van der Waals surface area contributed by atoms with Gasteiger partial charge in [-0.15, -0.1) is 13.2 Å². The van der Waals surface area contributed by atoms with Gasteiger partial charge in [-0.1, -0.05) is 11.6 Å². The van der Waals surface area contributed by atoms with Gasteiger partial charge < -0.3 is 4.74 Å². The lowest BCUT2D eigenvalue weighted by Gasteiger charge is -2.09. The molecule has 1 rings (SSSR count). The van der Waals surface area contributed by atoms with Gasteiger partial charge in [-0.3, -0.25) is 5.41 Å². The largest absolute Gasteiger partial charge is 0.573 e. The SMILES string of the molecule is CC(=[NH2+])c1ccc(OC(F)(F)F)cc1Cl. The number of alkyl halides is 3. The Labute approximate surface area is 89.1 Å². The van der Waals surface area contributed by atoms with E-state index in [0.29, 0.717) is 11.3 Å². The third-order valence-corrected chi connectivity index (χ3v) is 1.91. The predicted octanol–water partition coefficient (Wildman–Crippen LogP) is 1.81. The molecule has 0 heterocycles. The van der Waals surface area contributed by atoms with Gasteiger partial charge in [0.25, 0.3) is 0 Å². The molecular formula is C9H8ClF3NO+. The Kier molecular flexibility index (Phi) is 3.24. The molecule has 0 aliphatic heterocycles. The van der Waals surface area contributed by atoms with E-state index >= 15 is 0 Å². The summed E-state index contributed by atoms with van der Waals surface area (Å²) in [7, 11) is 0. The highest BCUT2D eigenvalue weighted by Crippen LogP contribution is 2.27. The van der Waals surface area contributed by atoms with Crippen molar-refractivity contribution in [1.82, 2.24) is 0 Å². The summed E-state index contributed by atoms with van der Waals surface area (Å²) in [6, 6.07) is 3.60. The van der Waals surface area contributed by atoms with E-state index in [9.17, 15) is 13.2 Å². The van der Waals surface area contributed by atoms with Crippen LogP contribution in [0.3, 0.4) is 0 Å². The van der Waals surface area contributed by atoms with Crippen LogP contribution in [0.15, 0.2) is 18.2 Å². The number of halogens is 4. The zero-order valence-electron chi connectivity index (χ0n) is 7.73. The van der Waals surface area contributed by atoms with Crippen molar-refractivity contribution in [1.29, 1.82) is 0 Å². The lowest BCUT2D eigenvalue weighted by atomic mass is 10.1. The van der Waals surface area contributed by atoms with Gasteiger partial charge in [-0.25, -0.2) is 0 Å². The lowest BCUT2D eigenvalue weighted by molar-refractivity contribution is -0.274. The smallest absolute Gasteiger partial charge is 0.406 e. The summed E-state index contributed by atoms with van der Waals surface area (Å²) in [5.41, 5.74) is 0.921. The van der Waals surface area contributed by atoms with Crippen LogP contribution >= 0.6 is 11.6 Å². The number of benzene rings is 1. The average Bonchev–Trinajstić information content (AvgIpc) is 1.99. The summed E-state index contributed by atoms with van der Waals surface area (Å²) >= 11 is 5.71. The second kappa shape index (κ2) is 4.10. The third kappa shape index (κ3) is 3.43. The van der Waals surface area contributed by atoms with E-state index in [1.807, 2.05) is 0 Å². The number of hydrogen-bond acceptors (Lipinski definition) is 1. The molecule has 0 atom stereocenters. The van der Waals surface area contributed by atoms with Gasteiger partial charge >= 0.3 is 6.36 Å². The molecule has 2 nitrogen and oxygen atoms in total. The minimum Gasteiger partial charge on any atom is -0.406 e. The Bertz CT molecular complexity index is 389. The molecule has 1 aromatic rings. The van der Waals surface area contributed by atoms with Crippen LogP contribution in [0.2, 0.25) is 5.02 Å². The summed E-state index contributed by atoms with van der Waals surface area (Å²) in [4.78, 5) is 0. The molecule has 0 aromatic heterocycles. The van der Waals surface area contributed by atoms with Crippen LogP contribution in [0.4, 0.5) is 13.2 Å². The Morgan fingerprint density at radius 1 is 1.40 bits per heavy atom. The molecule has 0 spiro atoms. The van der Waals surface area contributed by atoms with Crippen molar-refractivity contribution in [3.05, 3.63) is 28.8 Å². The molecule has 0 saturated carbocycles. The van der Waals surface area contributed by atoms with Gasteiger partial charge in [0.15, 0.2) is 5.71 Å². The zero-order chi connectivity index (χ0) is 11.6. The van der Waals surface area contributed by atoms with Gasteiger partial charge in [0, 0.05) is 6.92 Å². The molecule has 6 heteroatoms. The van der Waals surface area contributed by atoms with Crippen molar-refractivity contribution >= 4 is 17.3 Å². The summed E-state index contributed by atoms with van der Waals surface area (Å²) in [5, 5.41) is 5.58. The van der Waals surface area contributed by atoms with Gasteiger partial charge in [-0.2, -0.15) is 0 Å². The highest BCUT2D eigenvalue weighted by Gasteiger charge is 2.31. The monoisotopic (exact) mass is 238 g/mol. The fraction of sp³-hybridized carbons (Fsp3) is 0.222. The zero-order valence-corrected chi connectivity index (χ0v) is 8.49. The molecule has 0 amide bonds. The van der Waals surface area contributed by atoms with Gasteiger partial charge in [0.2, 0.25) is 0 Å². The topological polar surface area (TPSA) is 34.8 Å².